The molecule has 1 aromatic carbocycles. The van der Waals surface area contributed by atoms with Crippen molar-refractivity contribution in [2.75, 3.05) is 13.2 Å². The highest BCUT2D eigenvalue weighted by atomic mass is 16.5. The summed E-state index contributed by atoms with van der Waals surface area (Å²) in [7, 11) is 0. The SMILES string of the molecule is Cc1cc([C@@H](O)CCNC(=O)COc2cccc3c2OC(C)(C)C3)c(C)o1. The van der Waals surface area contributed by atoms with Crippen LogP contribution in [0.5, 0.6) is 11.5 Å². The Bertz CT molecular complexity index is 824. The normalized spacial score (nSPS) is 15.7. The molecule has 6 nitrogen and oxygen atoms in total. The lowest BCUT2D eigenvalue weighted by molar-refractivity contribution is -0.123. The van der Waals surface area contributed by atoms with Crippen molar-refractivity contribution in [2.24, 2.45) is 0 Å². The van der Waals surface area contributed by atoms with E-state index in [2.05, 4.69) is 5.32 Å². The van der Waals surface area contributed by atoms with Gasteiger partial charge in [-0.25, -0.2) is 0 Å². The number of ether oxygens (including phenoxy) is 2. The molecule has 0 fully saturated rings. The van der Waals surface area contributed by atoms with Gasteiger partial charge < -0.3 is 24.3 Å². The molecule has 146 valence electrons. The van der Waals surface area contributed by atoms with E-state index >= 15 is 0 Å². The van der Waals surface area contributed by atoms with Gasteiger partial charge in [-0.1, -0.05) is 12.1 Å². The monoisotopic (exact) mass is 373 g/mol. The number of carbonyl (C=O) groups is 1. The van der Waals surface area contributed by atoms with Crippen LogP contribution in [0.25, 0.3) is 0 Å². The van der Waals surface area contributed by atoms with Crippen molar-refractivity contribution in [1.82, 2.24) is 5.32 Å². The molecule has 2 heterocycles. The number of benzene rings is 1. The second-order valence-corrected chi connectivity index (χ2v) is 7.59. The third kappa shape index (κ3) is 4.63. The molecule has 1 aliphatic heterocycles. The van der Waals surface area contributed by atoms with E-state index in [4.69, 9.17) is 13.9 Å². The maximum absolute atomic E-state index is 12.1. The lowest BCUT2D eigenvalue weighted by atomic mass is 10.0. The Morgan fingerprint density at radius 2 is 2.15 bits per heavy atom. The third-order valence-electron chi connectivity index (χ3n) is 4.59. The highest BCUT2D eigenvalue weighted by Crippen LogP contribution is 2.41. The summed E-state index contributed by atoms with van der Waals surface area (Å²) < 4.78 is 17.0. The fourth-order valence-corrected chi connectivity index (χ4v) is 3.38. The lowest BCUT2D eigenvalue weighted by Crippen LogP contribution is -2.30. The summed E-state index contributed by atoms with van der Waals surface area (Å²) in [6.07, 6.45) is 0.553. The van der Waals surface area contributed by atoms with Gasteiger partial charge in [0.05, 0.1) is 6.10 Å². The van der Waals surface area contributed by atoms with Crippen molar-refractivity contribution < 1.29 is 23.8 Å². The molecular formula is C21H27NO5. The van der Waals surface area contributed by atoms with Crippen LogP contribution in [0.2, 0.25) is 0 Å². The summed E-state index contributed by atoms with van der Waals surface area (Å²) in [4.78, 5) is 12.1. The summed E-state index contributed by atoms with van der Waals surface area (Å²) in [5, 5.41) is 13.0. The van der Waals surface area contributed by atoms with Crippen molar-refractivity contribution in [3.8, 4) is 11.5 Å². The average Bonchev–Trinajstić information content (AvgIpc) is 3.09. The van der Waals surface area contributed by atoms with Gasteiger partial charge in [-0.15, -0.1) is 0 Å². The van der Waals surface area contributed by atoms with Crippen molar-refractivity contribution in [2.45, 2.75) is 52.2 Å². The number of hydrogen-bond donors (Lipinski definition) is 2. The first kappa shape index (κ1) is 19.3. The van der Waals surface area contributed by atoms with Crippen LogP contribution in [0, 0.1) is 13.8 Å². The number of hydrogen-bond acceptors (Lipinski definition) is 5. The summed E-state index contributed by atoms with van der Waals surface area (Å²) in [5.41, 5.74) is 1.59. The minimum Gasteiger partial charge on any atom is -0.483 e. The van der Waals surface area contributed by atoms with Crippen molar-refractivity contribution in [1.29, 1.82) is 0 Å². The molecule has 0 spiro atoms. The first-order chi connectivity index (χ1) is 12.7. The molecule has 1 atom stereocenters. The van der Waals surface area contributed by atoms with Gasteiger partial charge >= 0.3 is 0 Å². The molecule has 3 rings (SSSR count). The van der Waals surface area contributed by atoms with Gasteiger partial charge in [0.25, 0.3) is 5.91 Å². The molecule has 0 bridgehead atoms. The smallest absolute Gasteiger partial charge is 0.257 e. The van der Waals surface area contributed by atoms with Crippen LogP contribution in [0.3, 0.4) is 0 Å². The van der Waals surface area contributed by atoms with Crippen LogP contribution >= 0.6 is 0 Å². The van der Waals surface area contributed by atoms with Gasteiger partial charge in [-0.3, -0.25) is 4.79 Å². The van der Waals surface area contributed by atoms with Crippen LogP contribution in [0.4, 0.5) is 0 Å². The quantitative estimate of drug-likeness (QED) is 0.779. The highest BCUT2D eigenvalue weighted by molar-refractivity contribution is 5.77. The summed E-state index contributed by atoms with van der Waals surface area (Å²) in [6.45, 7) is 7.97. The van der Waals surface area contributed by atoms with Crippen molar-refractivity contribution >= 4 is 5.91 Å². The molecule has 6 heteroatoms. The second kappa shape index (κ2) is 7.64. The fraction of sp³-hybridized carbons (Fsp3) is 0.476. The number of aliphatic hydroxyl groups is 1. The Morgan fingerprint density at radius 3 is 2.85 bits per heavy atom. The number of rotatable bonds is 7. The van der Waals surface area contributed by atoms with Crippen molar-refractivity contribution in [3.05, 3.63) is 46.9 Å². The van der Waals surface area contributed by atoms with Gasteiger partial charge in [0.1, 0.15) is 17.1 Å². The predicted octanol–water partition coefficient (Wildman–Crippen LogP) is 3.23. The topological polar surface area (TPSA) is 80.9 Å². The number of furan rings is 1. The highest BCUT2D eigenvalue weighted by Gasteiger charge is 2.32. The Labute approximate surface area is 159 Å². The predicted molar refractivity (Wildman–Crippen MR) is 101 cm³/mol. The molecule has 27 heavy (non-hydrogen) atoms. The molecule has 0 saturated heterocycles. The number of aryl methyl sites for hydroxylation is 2. The number of nitrogens with one attached hydrogen (secondary N) is 1. The van der Waals surface area contributed by atoms with Gasteiger partial charge in [0, 0.05) is 24.1 Å². The molecular weight excluding hydrogens is 346 g/mol. The van der Waals surface area contributed by atoms with E-state index in [9.17, 15) is 9.90 Å². The minimum atomic E-state index is -0.670. The Kier molecular flexibility index (Phi) is 5.46. The standard InChI is InChI=1S/C21H27NO5/c1-13-10-16(14(2)26-13)17(23)8-9-22-19(24)12-25-18-7-5-6-15-11-21(3,4)27-20(15)18/h5-7,10,17,23H,8-9,11-12H2,1-4H3,(H,22,24)/t17-/m0/s1. The van der Waals surface area contributed by atoms with E-state index in [1.54, 1.807) is 6.07 Å². The van der Waals surface area contributed by atoms with Gasteiger partial charge in [0.2, 0.25) is 0 Å². The summed E-state index contributed by atoms with van der Waals surface area (Å²) in [6, 6.07) is 7.55. The molecule has 0 radical (unpaired) electrons. The average molecular weight is 373 g/mol. The molecule has 1 aliphatic rings. The van der Waals surface area contributed by atoms with Crippen LogP contribution < -0.4 is 14.8 Å². The van der Waals surface area contributed by atoms with Crippen LogP contribution in [-0.4, -0.2) is 29.8 Å². The Morgan fingerprint density at radius 1 is 1.37 bits per heavy atom. The molecule has 2 N–H and O–H groups in total. The Hall–Kier alpha value is -2.47. The first-order valence-corrected chi connectivity index (χ1v) is 9.20. The Balaban J connectivity index is 1.46. The fourth-order valence-electron chi connectivity index (χ4n) is 3.38. The van der Waals surface area contributed by atoms with E-state index < -0.39 is 6.10 Å². The molecule has 2 aromatic rings. The summed E-state index contributed by atoms with van der Waals surface area (Å²) in [5.74, 6) is 2.53. The van der Waals surface area contributed by atoms with Crippen LogP contribution in [0.1, 0.15) is 49.0 Å². The minimum absolute atomic E-state index is 0.0970. The number of aliphatic hydroxyl groups excluding tert-OH is 1. The lowest BCUT2D eigenvalue weighted by Gasteiger charge is -2.18. The largest absolute Gasteiger partial charge is 0.483 e. The van der Waals surface area contributed by atoms with Gasteiger partial charge in [0.15, 0.2) is 18.1 Å². The van der Waals surface area contributed by atoms with Gasteiger partial charge in [-0.2, -0.15) is 0 Å². The molecule has 0 aliphatic carbocycles. The first-order valence-electron chi connectivity index (χ1n) is 9.20. The third-order valence-corrected chi connectivity index (χ3v) is 4.59. The molecule has 0 saturated carbocycles. The maximum atomic E-state index is 12.1. The van der Waals surface area contributed by atoms with E-state index in [-0.39, 0.29) is 18.1 Å². The summed E-state index contributed by atoms with van der Waals surface area (Å²) >= 11 is 0. The maximum Gasteiger partial charge on any atom is 0.257 e. The number of amides is 1. The van der Waals surface area contributed by atoms with Crippen molar-refractivity contribution in [3.63, 3.8) is 0 Å². The zero-order valence-corrected chi connectivity index (χ0v) is 16.3. The van der Waals surface area contributed by atoms with E-state index in [1.807, 2.05) is 45.9 Å². The molecule has 0 unspecified atom stereocenters. The number of carbonyl (C=O) groups excluding carboxylic acids is 1. The zero-order chi connectivity index (χ0) is 19.6. The van der Waals surface area contributed by atoms with Gasteiger partial charge in [-0.05, 0) is 46.2 Å². The second-order valence-electron chi connectivity index (χ2n) is 7.59. The molecule has 1 amide bonds. The van der Waals surface area contributed by atoms with Crippen LogP contribution in [0.15, 0.2) is 28.7 Å². The zero-order valence-electron chi connectivity index (χ0n) is 16.3. The van der Waals surface area contributed by atoms with E-state index in [0.29, 0.717) is 24.5 Å². The van der Waals surface area contributed by atoms with E-state index in [1.165, 1.54) is 0 Å². The van der Waals surface area contributed by atoms with Crippen LogP contribution in [-0.2, 0) is 11.2 Å². The number of fused-ring (bicyclic) bond motifs is 1. The molecule has 1 aromatic heterocycles. The van der Waals surface area contributed by atoms with E-state index in [0.717, 1.165) is 29.1 Å². The number of para-hydroxylation sites is 1.